The largest absolute Gasteiger partial charge is 0.489 e. The first-order valence-corrected chi connectivity index (χ1v) is 14.7. The van der Waals surface area contributed by atoms with Gasteiger partial charge in [-0.3, -0.25) is 14.9 Å². The smallest absolute Gasteiger partial charge is 0.335 e. The number of nitrogens with zero attached hydrogens (tertiary/aromatic N) is 1. The van der Waals surface area contributed by atoms with Crippen molar-refractivity contribution in [3.63, 3.8) is 0 Å². The number of rotatable bonds is 8. The highest BCUT2D eigenvalue weighted by atomic mass is 35.5. The number of imide groups is 2. The Morgan fingerprint density at radius 1 is 0.800 bits per heavy atom. The van der Waals surface area contributed by atoms with Gasteiger partial charge in [0.1, 0.15) is 30.3 Å². The van der Waals surface area contributed by atoms with Gasteiger partial charge in [0, 0.05) is 16.1 Å². The Hall–Kier alpha value is -5.40. The van der Waals surface area contributed by atoms with E-state index in [9.17, 15) is 14.4 Å². The predicted octanol–water partition coefficient (Wildman–Crippen LogP) is 7.93. The fourth-order valence-electron chi connectivity index (χ4n) is 5.14. The maximum Gasteiger partial charge on any atom is 0.335 e. The number of anilines is 1. The van der Waals surface area contributed by atoms with Crippen LogP contribution in [-0.4, -0.2) is 17.8 Å². The van der Waals surface area contributed by atoms with Gasteiger partial charge in [-0.2, -0.15) is 0 Å². The van der Waals surface area contributed by atoms with Crippen LogP contribution in [0.3, 0.4) is 0 Å². The molecule has 1 heterocycles. The number of hydrogen-bond acceptors (Lipinski definition) is 5. The van der Waals surface area contributed by atoms with Crippen LogP contribution in [0, 0.1) is 13.8 Å². The number of amides is 4. The molecule has 5 aromatic rings. The lowest BCUT2D eigenvalue weighted by Crippen LogP contribution is -2.54. The van der Waals surface area contributed by atoms with Gasteiger partial charge in [-0.05, 0) is 84.3 Å². The molecule has 1 fully saturated rings. The van der Waals surface area contributed by atoms with E-state index in [1.54, 1.807) is 42.5 Å². The van der Waals surface area contributed by atoms with Crippen LogP contribution < -0.4 is 19.7 Å². The lowest BCUT2D eigenvalue weighted by molar-refractivity contribution is -0.122. The zero-order valence-corrected chi connectivity index (χ0v) is 25.4. The second-order valence-corrected chi connectivity index (χ2v) is 11.2. The van der Waals surface area contributed by atoms with E-state index < -0.39 is 17.8 Å². The summed E-state index contributed by atoms with van der Waals surface area (Å²) in [6, 6.07) is 30.8. The standard InChI is InChI=1S/C37H29ClN2O5/c1-23-7-10-25(11-8-23)21-44-30-16-14-29(15-17-30)40-36(42)32(35(41)39-37(40)43)20-27-19-28(38)13-18-34(27)45-22-33-24(2)9-12-26-5-3-4-6-31(26)33/h3-20H,21-22H2,1-2H3,(H,39,41,43)/b32-20+. The molecule has 0 aromatic heterocycles. The van der Waals surface area contributed by atoms with E-state index in [1.807, 2.05) is 68.4 Å². The average Bonchev–Trinajstić information content (AvgIpc) is 3.03. The van der Waals surface area contributed by atoms with Crippen molar-refractivity contribution in [2.75, 3.05) is 4.90 Å². The van der Waals surface area contributed by atoms with E-state index in [0.717, 1.165) is 37.9 Å². The van der Waals surface area contributed by atoms with E-state index in [-0.39, 0.29) is 17.9 Å². The summed E-state index contributed by atoms with van der Waals surface area (Å²) in [5.41, 5.74) is 4.75. The number of halogens is 1. The highest BCUT2D eigenvalue weighted by Crippen LogP contribution is 2.31. The van der Waals surface area contributed by atoms with Crippen LogP contribution in [0.15, 0.2) is 109 Å². The highest BCUT2D eigenvalue weighted by molar-refractivity contribution is 6.39. The molecule has 1 N–H and O–H groups in total. The number of fused-ring (bicyclic) bond motifs is 1. The van der Waals surface area contributed by atoms with Gasteiger partial charge in [-0.15, -0.1) is 0 Å². The van der Waals surface area contributed by atoms with Crippen LogP contribution in [0.1, 0.15) is 27.8 Å². The summed E-state index contributed by atoms with van der Waals surface area (Å²) in [4.78, 5) is 40.3. The molecule has 0 aliphatic carbocycles. The molecule has 5 aromatic carbocycles. The Balaban J connectivity index is 1.24. The maximum atomic E-state index is 13.6. The number of carbonyl (C=O) groups is 3. The van der Waals surface area contributed by atoms with Crippen molar-refractivity contribution in [2.45, 2.75) is 27.1 Å². The fourth-order valence-corrected chi connectivity index (χ4v) is 5.32. The van der Waals surface area contributed by atoms with Crippen molar-refractivity contribution in [1.29, 1.82) is 0 Å². The molecule has 4 amide bonds. The summed E-state index contributed by atoms with van der Waals surface area (Å²) in [5.74, 6) is -0.584. The molecule has 0 saturated carbocycles. The Morgan fingerprint density at radius 3 is 2.33 bits per heavy atom. The van der Waals surface area contributed by atoms with Gasteiger partial charge in [0.15, 0.2) is 0 Å². The molecule has 1 aliphatic heterocycles. The third kappa shape index (κ3) is 6.44. The Morgan fingerprint density at radius 2 is 1.56 bits per heavy atom. The van der Waals surface area contributed by atoms with Gasteiger partial charge in [-0.1, -0.05) is 77.8 Å². The summed E-state index contributed by atoms with van der Waals surface area (Å²) >= 11 is 6.32. The molecule has 7 nitrogen and oxygen atoms in total. The number of aryl methyl sites for hydroxylation is 2. The number of hydrogen-bond donors (Lipinski definition) is 1. The summed E-state index contributed by atoms with van der Waals surface area (Å²) in [5, 5.41) is 4.84. The minimum Gasteiger partial charge on any atom is -0.489 e. The highest BCUT2D eigenvalue weighted by Gasteiger charge is 2.37. The van der Waals surface area contributed by atoms with Crippen LogP contribution in [0.2, 0.25) is 5.02 Å². The normalized spacial score (nSPS) is 14.2. The summed E-state index contributed by atoms with van der Waals surface area (Å²) in [6.07, 6.45) is 1.40. The molecule has 0 atom stereocenters. The molecule has 0 radical (unpaired) electrons. The van der Waals surface area contributed by atoms with Gasteiger partial charge in [0.05, 0.1) is 5.69 Å². The monoisotopic (exact) mass is 616 g/mol. The van der Waals surface area contributed by atoms with Crippen molar-refractivity contribution < 1.29 is 23.9 Å². The number of barbiturate groups is 1. The van der Waals surface area contributed by atoms with Crippen LogP contribution >= 0.6 is 11.6 Å². The number of benzene rings is 5. The topological polar surface area (TPSA) is 84.9 Å². The van der Waals surface area contributed by atoms with Crippen molar-refractivity contribution in [3.05, 3.63) is 142 Å². The zero-order chi connectivity index (χ0) is 31.5. The molecular formula is C37H29ClN2O5. The lowest BCUT2D eigenvalue weighted by atomic mass is 10.0. The van der Waals surface area contributed by atoms with Crippen molar-refractivity contribution in [2.24, 2.45) is 0 Å². The second-order valence-electron chi connectivity index (χ2n) is 10.8. The minimum atomic E-state index is -0.843. The molecule has 224 valence electrons. The number of carbonyl (C=O) groups excluding carboxylic acids is 3. The lowest BCUT2D eigenvalue weighted by Gasteiger charge is -2.26. The van der Waals surface area contributed by atoms with Crippen molar-refractivity contribution in [1.82, 2.24) is 5.32 Å². The molecule has 0 spiro atoms. The molecule has 1 saturated heterocycles. The van der Waals surface area contributed by atoms with Crippen LogP contribution in [0.25, 0.3) is 16.8 Å². The molecule has 8 heteroatoms. The molecule has 0 bridgehead atoms. The number of ether oxygens (including phenoxy) is 2. The van der Waals surface area contributed by atoms with E-state index in [4.69, 9.17) is 21.1 Å². The van der Waals surface area contributed by atoms with E-state index in [2.05, 4.69) is 11.4 Å². The predicted molar refractivity (Wildman–Crippen MR) is 175 cm³/mol. The third-order valence-electron chi connectivity index (χ3n) is 7.64. The van der Waals surface area contributed by atoms with Crippen molar-refractivity contribution in [3.8, 4) is 11.5 Å². The van der Waals surface area contributed by atoms with E-state index >= 15 is 0 Å². The first-order chi connectivity index (χ1) is 21.8. The fraction of sp³-hybridized carbons (Fsp3) is 0.108. The van der Waals surface area contributed by atoms with Gasteiger partial charge < -0.3 is 9.47 Å². The first kappa shape index (κ1) is 29.7. The quantitative estimate of drug-likeness (QED) is 0.141. The van der Waals surface area contributed by atoms with Crippen LogP contribution in [0.4, 0.5) is 10.5 Å². The van der Waals surface area contributed by atoms with Gasteiger partial charge >= 0.3 is 6.03 Å². The molecule has 6 rings (SSSR count). The summed E-state index contributed by atoms with van der Waals surface area (Å²) in [6.45, 7) is 4.67. The Labute approximate surface area is 265 Å². The minimum absolute atomic E-state index is 0.234. The van der Waals surface area contributed by atoms with Gasteiger partial charge in [-0.25, -0.2) is 9.69 Å². The third-order valence-corrected chi connectivity index (χ3v) is 7.88. The van der Waals surface area contributed by atoms with Crippen LogP contribution in [0.5, 0.6) is 11.5 Å². The number of urea groups is 1. The van der Waals surface area contributed by atoms with Crippen molar-refractivity contribution >= 4 is 52.0 Å². The van der Waals surface area contributed by atoms with E-state index in [1.165, 1.54) is 6.08 Å². The zero-order valence-electron chi connectivity index (χ0n) is 24.7. The Kier molecular flexibility index (Phi) is 8.36. The second kappa shape index (κ2) is 12.7. The van der Waals surface area contributed by atoms with E-state index in [0.29, 0.717) is 28.7 Å². The summed E-state index contributed by atoms with van der Waals surface area (Å²) in [7, 11) is 0. The first-order valence-electron chi connectivity index (χ1n) is 14.4. The SMILES string of the molecule is Cc1ccc(COc2ccc(N3C(=O)NC(=O)/C(=C\c4cc(Cl)ccc4OCc4c(C)ccc5ccccc45)C3=O)cc2)cc1. The van der Waals surface area contributed by atoms with Gasteiger partial charge in [0.25, 0.3) is 11.8 Å². The summed E-state index contributed by atoms with van der Waals surface area (Å²) < 4.78 is 12.1. The molecule has 45 heavy (non-hydrogen) atoms. The average molecular weight is 617 g/mol. The Bertz CT molecular complexity index is 1970. The maximum absolute atomic E-state index is 13.6. The molecule has 1 aliphatic rings. The van der Waals surface area contributed by atoms with Gasteiger partial charge in [0.2, 0.25) is 0 Å². The molecule has 0 unspecified atom stereocenters. The molecular weight excluding hydrogens is 588 g/mol. The van der Waals surface area contributed by atoms with Crippen LogP contribution in [-0.2, 0) is 22.8 Å². The number of nitrogens with one attached hydrogen (secondary N) is 1.